The van der Waals surface area contributed by atoms with Crippen molar-refractivity contribution in [1.29, 1.82) is 0 Å². The minimum absolute atomic E-state index is 0.0674. The molecule has 0 bridgehead atoms. The predicted molar refractivity (Wildman–Crippen MR) is 85.2 cm³/mol. The van der Waals surface area contributed by atoms with Crippen molar-refractivity contribution in [3.8, 4) is 0 Å². The van der Waals surface area contributed by atoms with E-state index in [9.17, 15) is 14.9 Å². The van der Waals surface area contributed by atoms with E-state index in [4.69, 9.17) is 11.6 Å². The standard InChI is InChI=1S/C15H20ClN3O3/c1-15(2)7-4-8-17-12(15)9-18-14(20)13-10(16)5-3-6-11(13)19(21)22/h3,5-6,12,17H,4,7-9H2,1-2H3,(H,18,20). The van der Waals surface area contributed by atoms with Crippen molar-refractivity contribution in [2.45, 2.75) is 32.7 Å². The van der Waals surface area contributed by atoms with E-state index in [1.807, 2.05) is 0 Å². The van der Waals surface area contributed by atoms with Crippen LogP contribution in [0.1, 0.15) is 37.0 Å². The van der Waals surface area contributed by atoms with Crippen LogP contribution >= 0.6 is 11.6 Å². The van der Waals surface area contributed by atoms with Gasteiger partial charge in [-0.1, -0.05) is 31.5 Å². The lowest BCUT2D eigenvalue weighted by molar-refractivity contribution is -0.385. The molecule has 120 valence electrons. The van der Waals surface area contributed by atoms with E-state index in [0.717, 1.165) is 19.4 Å². The van der Waals surface area contributed by atoms with Gasteiger partial charge in [0.1, 0.15) is 5.56 Å². The molecule has 1 fully saturated rings. The van der Waals surface area contributed by atoms with Gasteiger partial charge in [0.2, 0.25) is 0 Å². The van der Waals surface area contributed by atoms with Gasteiger partial charge in [0.25, 0.3) is 11.6 Å². The summed E-state index contributed by atoms with van der Waals surface area (Å²) in [6.45, 7) is 5.62. The maximum absolute atomic E-state index is 12.3. The van der Waals surface area contributed by atoms with Crippen LogP contribution in [-0.2, 0) is 0 Å². The molecule has 2 N–H and O–H groups in total. The number of amides is 1. The van der Waals surface area contributed by atoms with Gasteiger partial charge in [0.05, 0.1) is 9.95 Å². The van der Waals surface area contributed by atoms with Gasteiger partial charge in [-0.3, -0.25) is 14.9 Å². The van der Waals surface area contributed by atoms with E-state index >= 15 is 0 Å². The molecule has 1 unspecified atom stereocenters. The fourth-order valence-electron chi connectivity index (χ4n) is 2.79. The second kappa shape index (κ2) is 6.62. The van der Waals surface area contributed by atoms with Crippen LogP contribution in [0.15, 0.2) is 18.2 Å². The topological polar surface area (TPSA) is 84.3 Å². The van der Waals surface area contributed by atoms with Crippen LogP contribution in [0, 0.1) is 15.5 Å². The van der Waals surface area contributed by atoms with E-state index in [2.05, 4.69) is 24.5 Å². The van der Waals surface area contributed by atoms with Gasteiger partial charge in [0.15, 0.2) is 0 Å². The molecular formula is C15H20ClN3O3. The predicted octanol–water partition coefficient (Wildman–Crippen LogP) is 2.76. The van der Waals surface area contributed by atoms with E-state index in [0.29, 0.717) is 6.54 Å². The molecule has 1 aromatic carbocycles. The smallest absolute Gasteiger partial charge is 0.283 e. The van der Waals surface area contributed by atoms with Gasteiger partial charge in [-0.15, -0.1) is 0 Å². The SMILES string of the molecule is CC1(C)CCCNC1CNC(=O)c1c(Cl)cccc1[N+](=O)[O-]. The molecule has 1 saturated heterocycles. The first-order valence-corrected chi connectivity index (χ1v) is 7.65. The maximum Gasteiger partial charge on any atom is 0.283 e. The van der Waals surface area contributed by atoms with Gasteiger partial charge in [-0.25, -0.2) is 0 Å². The summed E-state index contributed by atoms with van der Waals surface area (Å²) in [6, 6.07) is 4.35. The summed E-state index contributed by atoms with van der Waals surface area (Å²) < 4.78 is 0. The molecule has 22 heavy (non-hydrogen) atoms. The lowest BCUT2D eigenvalue weighted by atomic mass is 9.77. The Kier molecular flexibility index (Phi) is 5.03. The molecule has 1 aliphatic heterocycles. The molecule has 1 atom stereocenters. The van der Waals surface area contributed by atoms with Crippen molar-refractivity contribution in [2.75, 3.05) is 13.1 Å². The quantitative estimate of drug-likeness (QED) is 0.658. The number of nitro benzene ring substituents is 1. The minimum Gasteiger partial charge on any atom is -0.350 e. The monoisotopic (exact) mass is 325 g/mol. The van der Waals surface area contributed by atoms with Crippen molar-refractivity contribution >= 4 is 23.2 Å². The summed E-state index contributed by atoms with van der Waals surface area (Å²) in [5, 5.41) is 17.3. The van der Waals surface area contributed by atoms with Crippen molar-refractivity contribution in [3.63, 3.8) is 0 Å². The summed E-state index contributed by atoms with van der Waals surface area (Å²) in [6.07, 6.45) is 2.18. The highest BCUT2D eigenvalue weighted by molar-refractivity contribution is 6.34. The van der Waals surface area contributed by atoms with Crippen LogP contribution in [0.4, 0.5) is 5.69 Å². The number of halogens is 1. The number of carbonyl (C=O) groups excluding carboxylic acids is 1. The number of nitrogens with one attached hydrogen (secondary N) is 2. The third-order valence-corrected chi connectivity index (χ3v) is 4.53. The number of benzene rings is 1. The number of nitrogens with zero attached hydrogens (tertiary/aromatic N) is 1. The van der Waals surface area contributed by atoms with E-state index in [-0.39, 0.29) is 27.7 Å². The van der Waals surface area contributed by atoms with Gasteiger partial charge in [-0.2, -0.15) is 0 Å². The van der Waals surface area contributed by atoms with Crippen LogP contribution in [0.2, 0.25) is 5.02 Å². The van der Waals surface area contributed by atoms with Gasteiger partial charge < -0.3 is 10.6 Å². The van der Waals surface area contributed by atoms with E-state index in [1.165, 1.54) is 18.2 Å². The Bertz CT molecular complexity index is 589. The van der Waals surface area contributed by atoms with Crippen molar-refractivity contribution in [1.82, 2.24) is 10.6 Å². The van der Waals surface area contributed by atoms with Crippen LogP contribution in [0.3, 0.4) is 0 Å². The number of hydrogen-bond acceptors (Lipinski definition) is 4. The zero-order chi connectivity index (χ0) is 16.3. The lowest BCUT2D eigenvalue weighted by Crippen LogP contribution is -2.52. The third-order valence-electron chi connectivity index (χ3n) is 4.21. The zero-order valence-electron chi connectivity index (χ0n) is 12.7. The molecule has 0 saturated carbocycles. The fraction of sp³-hybridized carbons (Fsp3) is 0.533. The van der Waals surface area contributed by atoms with Crippen molar-refractivity contribution in [3.05, 3.63) is 38.9 Å². The highest BCUT2D eigenvalue weighted by Crippen LogP contribution is 2.30. The third kappa shape index (κ3) is 3.56. The number of rotatable bonds is 4. The zero-order valence-corrected chi connectivity index (χ0v) is 13.4. The summed E-state index contributed by atoms with van der Waals surface area (Å²) in [5.41, 5.74) is -0.290. The summed E-state index contributed by atoms with van der Waals surface area (Å²) in [5.74, 6) is -0.513. The second-order valence-corrected chi connectivity index (χ2v) is 6.61. The van der Waals surface area contributed by atoms with Crippen molar-refractivity contribution < 1.29 is 9.72 Å². The molecule has 0 aromatic heterocycles. The Balaban J connectivity index is 2.12. The summed E-state index contributed by atoms with van der Waals surface area (Å²) >= 11 is 5.96. The average Bonchev–Trinajstić information content (AvgIpc) is 2.45. The lowest BCUT2D eigenvalue weighted by Gasteiger charge is -2.39. The number of carbonyl (C=O) groups is 1. The summed E-state index contributed by atoms with van der Waals surface area (Å²) in [7, 11) is 0. The van der Waals surface area contributed by atoms with E-state index in [1.54, 1.807) is 0 Å². The molecule has 1 aliphatic rings. The number of nitro groups is 1. The molecule has 6 nitrogen and oxygen atoms in total. The Hall–Kier alpha value is -1.66. The van der Waals surface area contributed by atoms with Gasteiger partial charge in [0, 0.05) is 18.7 Å². The molecule has 1 aromatic rings. The highest BCUT2D eigenvalue weighted by atomic mass is 35.5. The first-order chi connectivity index (χ1) is 10.3. The molecule has 2 rings (SSSR count). The number of hydrogen-bond donors (Lipinski definition) is 2. The van der Waals surface area contributed by atoms with Crippen LogP contribution in [0.25, 0.3) is 0 Å². The van der Waals surface area contributed by atoms with Gasteiger partial charge in [-0.05, 0) is 30.9 Å². The molecular weight excluding hydrogens is 306 g/mol. The van der Waals surface area contributed by atoms with Crippen LogP contribution in [0.5, 0.6) is 0 Å². The average molecular weight is 326 g/mol. The molecule has 0 radical (unpaired) electrons. The normalized spacial score (nSPS) is 20.4. The summed E-state index contributed by atoms with van der Waals surface area (Å²) in [4.78, 5) is 22.8. The van der Waals surface area contributed by atoms with Crippen LogP contribution < -0.4 is 10.6 Å². The Morgan fingerprint density at radius 3 is 2.91 bits per heavy atom. The number of piperidine rings is 1. The Morgan fingerprint density at radius 1 is 1.55 bits per heavy atom. The molecule has 1 amide bonds. The largest absolute Gasteiger partial charge is 0.350 e. The van der Waals surface area contributed by atoms with Crippen LogP contribution in [-0.4, -0.2) is 30.0 Å². The first kappa shape index (κ1) is 16.7. The highest BCUT2D eigenvalue weighted by Gasteiger charge is 2.32. The van der Waals surface area contributed by atoms with E-state index < -0.39 is 10.8 Å². The van der Waals surface area contributed by atoms with Crippen molar-refractivity contribution in [2.24, 2.45) is 5.41 Å². The molecule has 7 heteroatoms. The molecule has 0 spiro atoms. The maximum atomic E-state index is 12.3. The Morgan fingerprint density at radius 2 is 2.27 bits per heavy atom. The Labute approximate surface area is 134 Å². The second-order valence-electron chi connectivity index (χ2n) is 6.20. The molecule has 1 heterocycles. The fourth-order valence-corrected chi connectivity index (χ4v) is 3.05. The first-order valence-electron chi connectivity index (χ1n) is 7.27. The van der Waals surface area contributed by atoms with Gasteiger partial charge >= 0.3 is 0 Å². The molecule has 0 aliphatic carbocycles. The minimum atomic E-state index is -0.594.